The molecule has 2 aromatic carbocycles. The standard InChI is InChI=1S/2C12H16O4S/c1-8(17(13,14)15)9-4-5-11-10(6-9)12(2,3)7-16-11;1-4-17(13,14)16-9-5-6-11-10(7-9)12(2,3)8-15-11/h4-6,8H,7H2,1-3H3,(H,13,14,15);5-7H,4,8H2,1-3H3. The van der Waals surface area contributed by atoms with Crippen LogP contribution in [0.4, 0.5) is 0 Å². The molecule has 1 atom stereocenters. The summed E-state index contributed by atoms with van der Waals surface area (Å²) in [6, 6.07) is 10.4. The van der Waals surface area contributed by atoms with Gasteiger partial charge in [0, 0.05) is 22.0 Å². The molecule has 8 nitrogen and oxygen atoms in total. The molecule has 34 heavy (non-hydrogen) atoms. The van der Waals surface area contributed by atoms with Crippen LogP contribution in [-0.4, -0.2) is 40.4 Å². The lowest BCUT2D eigenvalue weighted by Gasteiger charge is -2.17. The Morgan fingerprint density at radius 1 is 0.912 bits per heavy atom. The molecule has 0 aromatic heterocycles. The maximum absolute atomic E-state index is 11.4. The van der Waals surface area contributed by atoms with Crippen LogP contribution in [0.15, 0.2) is 36.4 Å². The van der Waals surface area contributed by atoms with Crippen LogP contribution in [0, 0.1) is 0 Å². The molecule has 10 heteroatoms. The lowest BCUT2D eigenvalue weighted by molar-refractivity contribution is 0.291. The third-order valence-corrected chi connectivity index (χ3v) is 8.40. The molecule has 4 rings (SSSR count). The van der Waals surface area contributed by atoms with Gasteiger partial charge in [0.15, 0.2) is 0 Å². The van der Waals surface area contributed by atoms with Crippen molar-refractivity contribution < 1.29 is 35.0 Å². The first-order valence-electron chi connectivity index (χ1n) is 11.0. The normalized spacial score (nSPS) is 18.4. The lowest BCUT2D eigenvalue weighted by atomic mass is 9.86. The summed E-state index contributed by atoms with van der Waals surface area (Å²) in [6.45, 7) is 12.4. The van der Waals surface area contributed by atoms with Gasteiger partial charge in [0.2, 0.25) is 0 Å². The number of benzene rings is 2. The molecule has 0 amide bonds. The second kappa shape index (κ2) is 9.05. The summed E-state index contributed by atoms with van der Waals surface area (Å²) >= 11 is 0. The van der Waals surface area contributed by atoms with E-state index in [-0.39, 0.29) is 16.6 Å². The van der Waals surface area contributed by atoms with Crippen molar-refractivity contribution in [3.63, 3.8) is 0 Å². The van der Waals surface area contributed by atoms with Crippen LogP contribution >= 0.6 is 0 Å². The van der Waals surface area contributed by atoms with Crippen LogP contribution in [0.3, 0.4) is 0 Å². The fourth-order valence-corrected chi connectivity index (χ4v) is 4.73. The Bertz CT molecular complexity index is 1270. The third-order valence-electron chi connectivity index (χ3n) is 6.08. The Hall–Kier alpha value is -2.30. The molecule has 2 aromatic rings. The quantitative estimate of drug-likeness (QED) is 0.463. The molecule has 0 saturated heterocycles. The van der Waals surface area contributed by atoms with E-state index in [4.69, 9.17) is 18.2 Å². The van der Waals surface area contributed by atoms with Gasteiger partial charge in [-0.15, -0.1) is 0 Å². The van der Waals surface area contributed by atoms with Gasteiger partial charge in [-0.3, -0.25) is 4.55 Å². The second-order valence-electron chi connectivity index (χ2n) is 9.85. The van der Waals surface area contributed by atoms with E-state index >= 15 is 0 Å². The summed E-state index contributed by atoms with van der Waals surface area (Å²) in [5.41, 5.74) is 2.34. The highest BCUT2D eigenvalue weighted by Crippen LogP contribution is 2.41. The summed E-state index contributed by atoms with van der Waals surface area (Å²) in [5.74, 6) is 1.91. The first kappa shape index (κ1) is 26.3. The summed E-state index contributed by atoms with van der Waals surface area (Å²) < 4.78 is 70.1. The maximum Gasteiger partial charge on any atom is 0.308 e. The molecule has 0 fully saturated rings. The van der Waals surface area contributed by atoms with E-state index in [1.807, 2.05) is 13.8 Å². The van der Waals surface area contributed by atoms with Gasteiger partial charge in [-0.1, -0.05) is 39.8 Å². The average Bonchev–Trinajstić information content (AvgIpc) is 3.22. The van der Waals surface area contributed by atoms with Gasteiger partial charge in [-0.05, 0) is 43.7 Å². The van der Waals surface area contributed by atoms with Crippen LogP contribution in [0.2, 0.25) is 0 Å². The average molecular weight is 513 g/mol. The Kier molecular flexibility index (Phi) is 7.00. The van der Waals surface area contributed by atoms with Gasteiger partial charge >= 0.3 is 10.1 Å². The minimum Gasteiger partial charge on any atom is -0.492 e. The third kappa shape index (κ3) is 5.67. The number of fused-ring (bicyclic) bond motifs is 2. The predicted molar refractivity (Wildman–Crippen MR) is 130 cm³/mol. The SMILES string of the molecule is CC(c1ccc2c(c1)C(C)(C)CO2)S(=O)(=O)O.CCS(=O)(=O)Oc1ccc2c(c1)C(C)(C)CO2. The number of rotatable bonds is 5. The fraction of sp³-hybridized carbons (Fsp3) is 0.500. The monoisotopic (exact) mass is 512 g/mol. The topological polar surface area (TPSA) is 116 Å². The molecule has 2 aliphatic heterocycles. The largest absolute Gasteiger partial charge is 0.492 e. The molecule has 188 valence electrons. The highest BCUT2D eigenvalue weighted by molar-refractivity contribution is 7.87. The molecule has 0 bridgehead atoms. The van der Waals surface area contributed by atoms with Crippen LogP contribution in [0.1, 0.15) is 63.5 Å². The van der Waals surface area contributed by atoms with Crippen molar-refractivity contribution in [2.45, 2.75) is 57.6 Å². The maximum atomic E-state index is 11.4. The van der Waals surface area contributed by atoms with Crippen molar-refractivity contribution >= 4 is 20.2 Å². The van der Waals surface area contributed by atoms with E-state index in [2.05, 4.69) is 13.8 Å². The van der Waals surface area contributed by atoms with E-state index in [9.17, 15) is 16.8 Å². The van der Waals surface area contributed by atoms with Gasteiger partial charge in [0.05, 0.1) is 19.0 Å². The molecule has 0 saturated carbocycles. The minimum atomic E-state index is -4.05. The Morgan fingerprint density at radius 3 is 1.91 bits per heavy atom. The molecule has 1 unspecified atom stereocenters. The van der Waals surface area contributed by atoms with E-state index in [0.29, 0.717) is 24.5 Å². The lowest BCUT2D eigenvalue weighted by Crippen LogP contribution is -2.18. The Labute approximate surface area is 202 Å². The summed E-state index contributed by atoms with van der Waals surface area (Å²) in [7, 11) is -7.52. The molecule has 1 N–H and O–H groups in total. The van der Waals surface area contributed by atoms with E-state index in [0.717, 1.165) is 22.6 Å². The smallest absolute Gasteiger partial charge is 0.308 e. The van der Waals surface area contributed by atoms with Gasteiger partial charge in [0.1, 0.15) is 22.5 Å². The van der Waals surface area contributed by atoms with Crippen molar-refractivity contribution in [3.05, 3.63) is 53.1 Å². The van der Waals surface area contributed by atoms with Crippen LogP contribution < -0.4 is 13.7 Å². The number of ether oxygens (including phenoxy) is 2. The number of hydrogen-bond donors (Lipinski definition) is 1. The van der Waals surface area contributed by atoms with Gasteiger partial charge < -0.3 is 13.7 Å². The van der Waals surface area contributed by atoms with E-state index in [1.165, 1.54) is 6.92 Å². The van der Waals surface area contributed by atoms with Gasteiger partial charge in [-0.25, -0.2) is 0 Å². The molecular formula is C24H32O8S2. The molecule has 0 aliphatic carbocycles. The zero-order valence-electron chi connectivity index (χ0n) is 20.3. The van der Waals surface area contributed by atoms with Crippen molar-refractivity contribution in [3.8, 4) is 17.2 Å². The Morgan fingerprint density at radius 2 is 1.41 bits per heavy atom. The predicted octanol–water partition coefficient (Wildman–Crippen LogP) is 4.39. The highest BCUT2D eigenvalue weighted by Gasteiger charge is 2.34. The van der Waals surface area contributed by atoms with E-state index in [1.54, 1.807) is 43.3 Å². The first-order chi connectivity index (χ1) is 15.6. The molecule has 2 heterocycles. The molecule has 0 radical (unpaired) electrons. The number of hydrogen-bond acceptors (Lipinski definition) is 7. The van der Waals surface area contributed by atoms with E-state index < -0.39 is 25.5 Å². The molecule has 2 aliphatic rings. The summed E-state index contributed by atoms with van der Waals surface area (Å²) in [4.78, 5) is 0. The van der Waals surface area contributed by atoms with Crippen molar-refractivity contribution in [2.75, 3.05) is 19.0 Å². The molecule has 0 spiro atoms. The van der Waals surface area contributed by atoms with Crippen LogP contribution in [0.25, 0.3) is 0 Å². The van der Waals surface area contributed by atoms with Crippen molar-refractivity contribution in [1.82, 2.24) is 0 Å². The van der Waals surface area contributed by atoms with Crippen molar-refractivity contribution in [1.29, 1.82) is 0 Å². The van der Waals surface area contributed by atoms with Crippen LogP contribution in [0.5, 0.6) is 17.2 Å². The molecular weight excluding hydrogens is 480 g/mol. The zero-order chi connectivity index (χ0) is 25.5. The van der Waals surface area contributed by atoms with Gasteiger partial charge in [-0.2, -0.15) is 16.8 Å². The zero-order valence-corrected chi connectivity index (χ0v) is 21.9. The minimum absolute atomic E-state index is 0.0377. The summed E-state index contributed by atoms with van der Waals surface area (Å²) in [6.07, 6.45) is 0. The van der Waals surface area contributed by atoms with Crippen molar-refractivity contribution in [2.24, 2.45) is 0 Å². The van der Waals surface area contributed by atoms with Gasteiger partial charge in [0.25, 0.3) is 10.1 Å². The second-order valence-corrected chi connectivity index (χ2v) is 13.4. The highest BCUT2D eigenvalue weighted by atomic mass is 32.2. The first-order valence-corrected chi connectivity index (χ1v) is 14.1. The van der Waals surface area contributed by atoms with Crippen LogP contribution in [-0.2, 0) is 31.1 Å². The Balaban J connectivity index is 0.000000191. The fourth-order valence-electron chi connectivity index (χ4n) is 3.72. The summed E-state index contributed by atoms with van der Waals surface area (Å²) in [5, 5.41) is -0.913.